The molecular weight excluding hydrogens is 347 g/mol. The molecule has 0 unspecified atom stereocenters. The van der Waals surface area contributed by atoms with Crippen molar-refractivity contribution in [3.05, 3.63) is 59.4 Å². The maximum absolute atomic E-state index is 14.1. The molecule has 1 fully saturated rings. The van der Waals surface area contributed by atoms with Crippen LogP contribution in [0.25, 0.3) is 0 Å². The van der Waals surface area contributed by atoms with Gasteiger partial charge in [-0.05, 0) is 48.4 Å². The summed E-state index contributed by atoms with van der Waals surface area (Å²) in [7, 11) is 1.45. The molecule has 1 aliphatic heterocycles. The molecule has 5 nitrogen and oxygen atoms in total. The summed E-state index contributed by atoms with van der Waals surface area (Å²) in [5.41, 5.74) is 2.40. The van der Waals surface area contributed by atoms with Crippen LogP contribution in [-0.4, -0.2) is 33.2 Å². The monoisotopic (exact) mass is 370 g/mol. The Morgan fingerprint density at radius 3 is 2.56 bits per heavy atom. The van der Waals surface area contributed by atoms with Crippen molar-refractivity contribution >= 4 is 5.69 Å². The van der Waals surface area contributed by atoms with Crippen LogP contribution >= 0.6 is 0 Å². The topological polar surface area (TPSA) is 54.7 Å². The fourth-order valence-electron chi connectivity index (χ4n) is 3.04. The third-order valence-electron chi connectivity index (χ3n) is 4.48. The molecular formula is C21H23FN2O3. The second-order valence-electron chi connectivity index (χ2n) is 6.36. The summed E-state index contributed by atoms with van der Waals surface area (Å²) in [6, 6.07) is 14.5. The van der Waals surface area contributed by atoms with Gasteiger partial charge in [0.25, 0.3) is 0 Å². The number of benzene rings is 2. The first-order valence-electron chi connectivity index (χ1n) is 9.00. The number of hydrogen-bond acceptors (Lipinski definition) is 5. The van der Waals surface area contributed by atoms with Crippen molar-refractivity contribution in [3.8, 4) is 11.8 Å². The first-order chi connectivity index (χ1) is 13.2. The van der Waals surface area contributed by atoms with E-state index in [1.165, 1.54) is 13.2 Å². The van der Waals surface area contributed by atoms with Crippen molar-refractivity contribution in [2.75, 3.05) is 31.8 Å². The summed E-state index contributed by atoms with van der Waals surface area (Å²) in [5, 5.41) is 9.01. The average molecular weight is 370 g/mol. The summed E-state index contributed by atoms with van der Waals surface area (Å²) in [5.74, 6) is -0.151. The van der Waals surface area contributed by atoms with Gasteiger partial charge in [0.2, 0.25) is 0 Å². The molecule has 0 spiro atoms. The zero-order valence-electron chi connectivity index (χ0n) is 15.4. The van der Waals surface area contributed by atoms with Gasteiger partial charge in [-0.2, -0.15) is 5.26 Å². The molecule has 1 heterocycles. The van der Waals surface area contributed by atoms with Gasteiger partial charge >= 0.3 is 0 Å². The zero-order valence-corrected chi connectivity index (χ0v) is 15.4. The van der Waals surface area contributed by atoms with E-state index in [2.05, 4.69) is 11.0 Å². The van der Waals surface area contributed by atoms with E-state index in [1.807, 2.05) is 18.2 Å². The van der Waals surface area contributed by atoms with Crippen LogP contribution in [-0.2, 0) is 16.0 Å². The summed E-state index contributed by atoms with van der Waals surface area (Å²) in [4.78, 5) is 2.13. The normalized spacial score (nSPS) is 14.6. The standard InChI is InChI=1S/C21H23FN2O3/c1-25-20-8-5-17(13-19(20)22)15-24(10-9-21-26-11-2-12-27-21)18-6-3-16(14-23)4-7-18/h3-8,13,21H,2,9-12,15H2,1H3. The van der Waals surface area contributed by atoms with Gasteiger partial charge in [-0.25, -0.2) is 4.39 Å². The molecule has 0 bridgehead atoms. The summed E-state index contributed by atoms with van der Waals surface area (Å²) < 4.78 is 30.3. The lowest BCUT2D eigenvalue weighted by Crippen LogP contribution is -2.31. The maximum Gasteiger partial charge on any atom is 0.165 e. The number of nitrogens with zero attached hydrogens (tertiary/aromatic N) is 2. The van der Waals surface area contributed by atoms with E-state index in [0.29, 0.717) is 38.3 Å². The van der Waals surface area contributed by atoms with Gasteiger partial charge in [-0.3, -0.25) is 0 Å². The predicted molar refractivity (Wildman–Crippen MR) is 100 cm³/mol. The smallest absolute Gasteiger partial charge is 0.165 e. The molecule has 1 saturated heterocycles. The minimum atomic E-state index is -0.381. The molecule has 0 saturated carbocycles. The van der Waals surface area contributed by atoms with Crippen LogP contribution in [0, 0.1) is 17.1 Å². The van der Waals surface area contributed by atoms with Crippen molar-refractivity contribution in [1.29, 1.82) is 5.26 Å². The summed E-state index contributed by atoms with van der Waals surface area (Å²) in [6.45, 7) is 2.64. The molecule has 3 rings (SSSR count). The lowest BCUT2D eigenvalue weighted by molar-refractivity contribution is -0.179. The molecule has 2 aromatic carbocycles. The van der Waals surface area contributed by atoms with Crippen molar-refractivity contribution in [3.63, 3.8) is 0 Å². The Labute approximate surface area is 158 Å². The lowest BCUT2D eigenvalue weighted by Gasteiger charge is -2.29. The Hall–Kier alpha value is -2.62. The number of ether oxygens (including phenoxy) is 3. The average Bonchev–Trinajstić information content (AvgIpc) is 2.72. The van der Waals surface area contributed by atoms with E-state index in [1.54, 1.807) is 18.2 Å². The SMILES string of the molecule is COc1ccc(CN(CCC2OCCCO2)c2ccc(C#N)cc2)cc1F. The van der Waals surface area contributed by atoms with E-state index >= 15 is 0 Å². The fourth-order valence-corrected chi connectivity index (χ4v) is 3.04. The van der Waals surface area contributed by atoms with E-state index < -0.39 is 0 Å². The second kappa shape index (κ2) is 9.36. The number of methoxy groups -OCH3 is 1. The highest BCUT2D eigenvalue weighted by Gasteiger charge is 2.17. The van der Waals surface area contributed by atoms with Gasteiger partial charge in [0.05, 0.1) is 32.0 Å². The first-order valence-corrected chi connectivity index (χ1v) is 9.00. The molecule has 0 atom stereocenters. The highest BCUT2D eigenvalue weighted by Crippen LogP contribution is 2.23. The lowest BCUT2D eigenvalue weighted by atomic mass is 10.1. The first kappa shape index (κ1) is 19.2. The summed E-state index contributed by atoms with van der Waals surface area (Å²) >= 11 is 0. The van der Waals surface area contributed by atoms with Crippen LogP contribution < -0.4 is 9.64 Å². The van der Waals surface area contributed by atoms with E-state index in [0.717, 1.165) is 17.7 Å². The van der Waals surface area contributed by atoms with Crippen LogP contribution in [0.5, 0.6) is 5.75 Å². The van der Waals surface area contributed by atoms with Gasteiger partial charge in [-0.15, -0.1) is 0 Å². The Balaban J connectivity index is 1.75. The zero-order chi connectivity index (χ0) is 19.1. The van der Waals surface area contributed by atoms with Gasteiger partial charge in [0.15, 0.2) is 17.9 Å². The molecule has 1 aliphatic rings. The highest BCUT2D eigenvalue weighted by molar-refractivity contribution is 5.50. The van der Waals surface area contributed by atoms with E-state index in [4.69, 9.17) is 19.5 Å². The summed E-state index contributed by atoms with van der Waals surface area (Å²) in [6.07, 6.45) is 1.41. The van der Waals surface area contributed by atoms with Gasteiger partial charge in [-0.1, -0.05) is 6.07 Å². The second-order valence-corrected chi connectivity index (χ2v) is 6.36. The van der Waals surface area contributed by atoms with Crippen LogP contribution in [0.2, 0.25) is 0 Å². The quantitative estimate of drug-likeness (QED) is 0.741. The Kier molecular flexibility index (Phi) is 6.64. The number of hydrogen-bond donors (Lipinski definition) is 0. The molecule has 27 heavy (non-hydrogen) atoms. The van der Waals surface area contributed by atoms with Gasteiger partial charge < -0.3 is 19.1 Å². The predicted octanol–water partition coefficient (Wildman–Crippen LogP) is 3.87. The molecule has 0 amide bonds. The highest BCUT2D eigenvalue weighted by atomic mass is 19.1. The van der Waals surface area contributed by atoms with Crippen LogP contribution in [0.4, 0.5) is 10.1 Å². The fraction of sp³-hybridized carbons (Fsp3) is 0.381. The Morgan fingerprint density at radius 2 is 1.93 bits per heavy atom. The molecule has 6 heteroatoms. The van der Waals surface area contributed by atoms with Crippen molar-refractivity contribution in [2.24, 2.45) is 0 Å². The minimum Gasteiger partial charge on any atom is -0.494 e. The van der Waals surface area contributed by atoms with Crippen molar-refractivity contribution < 1.29 is 18.6 Å². The van der Waals surface area contributed by atoms with Crippen molar-refractivity contribution in [2.45, 2.75) is 25.7 Å². The minimum absolute atomic E-state index is 0.216. The third kappa shape index (κ3) is 5.19. The molecule has 0 N–H and O–H groups in total. The third-order valence-corrected chi connectivity index (χ3v) is 4.48. The molecule has 2 aromatic rings. The number of nitriles is 1. The molecule has 0 aliphatic carbocycles. The number of anilines is 1. The number of rotatable bonds is 7. The Morgan fingerprint density at radius 1 is 1.19 bits per heavy atom. The van der Waals surface area contributed by atoms with Gasteiger partial charge in [0.1, 0.15) is 0 Å². The Bertz CT molecular complexity index is 783. The van der Waals surface area contributed by atoms with E-state index in [-0.39, 0.29) is 17.9 Å². The van der Waals surface area contributed by atoms with Gasteiger partial charge in [0, 0.05) is 25.2 Å². The number of halogens is 1. The van der Waals surface area contributed by atoms with Crippen molar-refractivity contribution in [1.82, 2.24) is 0 Å². The van der Waals surface area contributed by atoms with Crippen LogP contribution in [0.15, 0.2) is 42.5 Å². The molecule has 0 aromatic heterocycles. The van der Waals surface area contributed by atoms with E-state index in [9.17, 15) is 4.39 Å². The van der Waals surface area contributed by atoms with Crippen LogP contribution in [0.3, 0.4) is 0 Å². The molecule has 0 radical (unpaired) electrons. The maximum atomic E-state index is 14.1. The largest absolute Gasteiger partial charge is 0.494 e. The molecule has 142 valence electrons. The van der Waals surface area contributed by atoms with Crippen LogP contribution in [0.1, 0.15) is 24.0 Å².